The molecule has 0 aliphatic heterocycles. The topological polar surface area (TPSA) is 43.2 Å². The van der Waals surface area contributed by atoms with Crippen molar-refractivity contribution in [3.05, 3.63) is 24.3 Å². The van der Waals surface area contributed by atoms with Crippen molar-refractivity contribution in [3.8, 4) is 17.1 Å². The molecular weight excluding hydrogens is 320 g/mol. The summed E-state index contributed by atoms with van der Waals surface area (Å²) >= 11 is 1.80. The second kappa shape index (κ2) is 9.69. The lowest BCUT2D eigenvalue weighted by atomic mass is 10.2. The normalized spacial score (nSPS) is 11.2. The number of benzene rings is 1. The van der Waals surface area contributed by atoms with Crippen LogP contribution in [0, 0.1) is 0 Å². The molecule has 0 radical (unpaired) electrons. The zero-order valence-electron chi connectivity index (χ0n) is 15.2. The maximum atomic E-state index is 5.24. The van der Waals surface area contributed by atoms with Gasteiger partial charge in [0.25, 0.3) is 0 Å². The van der Waals surface area contributed by atoms with E-state index in [9.17, 15) is 0 Å². The van der Waals surface area contributed by atoms with Gasteiger partial charge in [0.15, 0.2) is 11.0 Å². The van der Waals surface area contributed by atoms with Crippen molar-refractivity contribution < 1.29 is 4.74 Å². The Bertz CT molecular complexity index is 610. The van der Waals surface area contributed by atoms with Gasteiger partial charge in [-0.2, -0.15) is 0 Å². The number of nitrogens with zero attached hydrogens (tertiary/aromatic N) is 4. The first-order valence-corrected chi connectivity index (χ1v) is 9.49. The molecule has 1 aromatic carbocycles. The largest absolute Gasteiger partial charge is 0.497 e. The molecule has 0 N–H and O–H groups in total. The van der Waals surface area contributed by atoms with Gasteiger partial charge in [0.05, 0.1) is 7.11 Å². The van der Waals surface area contributed by atoms with Gasteiger partial charge in [-0.25, -0.2) is 0 Å². The molecule has 2 aromatic rings. The van der Waals surface area contributed by atoms with Crippen LogP contribution in [0.5, 0.6) is 5.75 Å². The molecule has 0 spiro atoms. The first-order chi connectivity index (χ1) is 11.7. The Morgan fingerprint density at radius 3 is 2.50 bits per heavy atom. The lowest BCUT2D eigenvalue weighted by molar-refractivity contribution is 0.410. The molecule has 0 saturated carbocycles. The summed E-state index contributed by atoms with van der Waals surface area (Å²) in [7, 11) is 5.90. The van der Waals surface area contributed by atoms with Crippen LogP contribution >= 0.6 is 11.8 Å². The lowest BCUT2D eigenvalue weighted by Crippen LogP contribution is -2.13. The fraction of sp³-hybridized carbons (Fsp3) is 0.556. The highest BCUT2D eigenvalue weighted by Gasteiger charge is 2.14. The highest BCUT2D eigenvalue weighted by atomic mass is 32.2. The summed E-state index contributed by atoms with van der Waals surface area (Å²) in [6.45, 7) is 4.27. The minimum absolute atomic E-state index is 0.858. The summed E-state index contributed by atoms with van der Waals surface area (Å²) < 4.78 is 7.49. The van der Waals surface area contributed by atoms with Gasteiger partial charge in [-0.15, -0.1) is 10.2 Å². The average molecular weight is 349 g/mol. The van der Waals surface area contributed by atoms with Gasteiger partial charge in [-0.1, -0.05) is 25.1 Å². The number of methoxy groups -OCH3 is 1. The zero-order valence-corrected chi connectivity index (χ0v) is 16.0. The predicted octanol–water partition coefficient (Wildman–Crippen LogP) is 3.80. The number of aromatic nitrogens is 3. The Kier molecular flexibility index (Phi) is 7.59. The summed E-state index contributed by atoms with van der Waals surface area (Å²) in [5.74, 6) is 2.86. The SMILES string of the molecule is CCCCn1c(SCCCN(C)C)nnc1-c1ccc(OC)cc1. The molecule has 6 heteroatoms. The van der Waals surface area contributed by atoms with Gasteiger partial charge in [0.2, 0.25) is 0 Å². The fourth-order valence-electron chi connectivity index (χ4n) is 2.41. The fourth-order valence-corrected chi connectivity index (χ4v) is 3.30. The van der Waals surface area contributed by atoms with Crippen molar-refractivity contribution in [1.82, 2.24) is 19.7 Å². The highest BCUT2D eigenvalue weighted by Crippen LogP contribution is 2.26. The number of hydrogen-bond donors (Lipinski definition) is 0. The van der Waals surface area contributed by atoms with Crippen molar-refractivity contribution in [2.75, 3.05) is 33.5 Å². The number of hydrogen-bond acceptors (Lipinski definition) is 5. The Morgan fingerprint density at radius 1 is 1.12 bits per heavy atom. The summed E-state index contributed by atoms with van der Waals surface area (Å²) in [6.07, 6.45) is 3.44. The predicted molar refractivity (Wildman–Crippen MR) is 101 cm³/mol. The first-order valence-electron chi connectivity index (χ1n) is 8.50. The van der Waals surface area contributed by atoms with E-state index >= 15 is 0 Å². The second-order valence-electron chi connectivity index (χ2n) is 6.05. The van der Waals surface area contributed by atoms with Crippen molar-refractivity contribution >= 4 is 11.8 Å². The average Bonchev–Trinajstić information content (AvgIpc) is 2.99. The number of ether oxygens (including phenoxy) is 1. The monoisotopic (exact) mass is 348 g/mol. The molecule has 24 heavy (non-hydrogen) atoms. The minimum Gasteiger partial charge on any atom is -0.497 e. The van der Waals surface area contributed by atoms with Crippen molar-refractivity contribution in [1.29, 1.82) is 0 Å². The van der Waals surface area contributed by atoms with Gasteiger partial charge in [0, 0.05) is 17.9 Å². The summed E-state index contributed by atoms with van der Waals surface area (Å²) in [6, 6.07) is 8.04. The molecule has 0 aliphatic carbocycles. The van der Waals surface area contributed by atoms with E-state index < -0.39 is 0 Å². The van der Waals surface area contributed by atoms with Crippen molar-refractivity contribution in [2.24, 2.45) is 0 Å². The molecule has 0 aliphatic rings. The minimum atomic E-state index is 0.858. The van der Waals surface area contributed by atoms with Crippen LogP contribution in [-0.4, -0.2) is 53.2 Å². The van der Waals surface area contributed by atoms with Crippen LogP contribution in [0.1, 0.15) is 26.2 Å². The molecule has 0 atom stereocenters. The molecule has 0 bridgehead atoms. The summed E-state index contributed by atoms with van der Waals surface area (Å²) in [4.78, 5) is 2.21. The molecule has 2 rings (SSSR count). The number of rotatable bonds is 10. The third kappa shape index (κ3) is 5.24. The molecule has 1 heterocycles. The maximum Gasteiger partial charge on any atom is 0.191 e. The Labute approximate surface area is 149 Å². The van der Waals surface area contributed by atoms with Crippen molar-refractivity contribution in [2.45, 2.75) is 37.9 Å². The first kappa shape index (κ1) is 18.8. The molecule has 1 aromatic heterocycles. The van der Waals surface area contributed by atoms with Crippen LogP contribution in [-0.2, 0) is 6.54 Å². The van der Waals surface area contributed by atoms with Crippen LogP contribution in [0.2, 0.25) is 0 Å². The van der Waals surface area contributed by atoms with Crippen LogP contribution < -0.4 is 4.74 Å². The van der Waals surface area contributed by atoms with Gasteiger partial charge < -0.3 is 14.2 Å². The molecule has 132 valence electrons. The van der Waals surface area contributed by atoms with E-state index in [1.165, 1.54) is 0 Å². The van der Waals surface area contributed by atoms with Crippen LogP contribution in [0.15, 0.2) is 29.4 Å². The third-order valence-corrected chi connectivity index (χ3v) is 4.83. The number of thioether (sulfide) groups is 1. The summed E-state index contributed by atoms with van der Waals surface area (Å²) in [5.41, 5.74) is 1.08. The quantitative estimate of drug-likeness (QED) is 0.483. The smallest absolute Gasteiger partial charge is 0.191 e. The van der Waals surface area contributed by atoms with Crippen LogP contribution in [0.25, 0.3) is 11.4 Å². The molecule has 0 fully saturated rings. The number of unbranched alkanes of at least 4 members (excludes halogenated alkanes) is 1. The van der Waals surface area contributed by atoms with E-state index in [4.69, 9.17) is 4.74 Å². The molecule has 0 unspecified atom stereocenters. The van der Waals surface area contributed by atoms with Gasteiger partial charge in [0.1, 0.15) is 5.75 Å². The summed E-state index contributed by atoms with van der Waals surface area (Å²) in [5, 5.41) is 9.91. The lowest BCUT2D eigenvalue weighted by Gasteiger charge is -2.11. The van der Waals surface area contributed by atoms with E-state index in [0.29, 0.717) is 0 Å². The maximum absolute atomic E-state index is 5.24. The molecule has 5 nitrogen and oxygen atoms in total. The van der Waals surface area contributed by atoms with Crippen LogP contribution in [0.4, 0.5) is 0 Å². The Morgan fingerprint density at radius 2 is 1.88 bits per heavy atom. The van der Waals surface area contributed by atoms with E-state index in [-0.39, 0.29) is 0 Å². The van der Waals surface area contributed by atoms with Crippen molar-refractivity contribution in [3.63, 3.8) is 0 Å². The molecule has 0 amide bonds. The molecule has 0 saturated heterocycles. The standard InChI is InChI=1S/C18H28N4OS/c1-5-6-13-22-17(15-8-10-16(23-4)11-9-15)19-20-18(22)24-14-7-12-21(2)3/h8-11H,5-7,12-14H2,1-4H3. The molecular formula is C18H28N4OS. The van der Waals surface area contributed by atoms with E-state index in [1.807, 2.05) is 24.3 Å². The van der Waals surface area contributed by atoms with Crippen LogP contribution in [0.3, 0.4) is 0 Å². The third-order valence-electron chi connectivity index (χ3n) is 3.78. The van der Waals surface area contributed by atoms with E-state index in [0.717, 1.165) is 60.4 Å². The van der Waals surface area contributed by atoms with Gasteiger partial charge in [-0.05, 0) is 57.7 Å². The van der Waals surface area contributed by atoms with E-state index in [2.05, 4.69) is 40.7 Å². The second-order valence-corrected chi connectivity index (χ2v) is 7.11. The zero-order chi connectivity index (χ0) is 17.4. The Hall–Kier alpha value is -1.53. The Balaban J connectivity index is 2.14. The van der Waals surface area contributed by atoms with E-state index in [1.54, 1.807) is 18.9 Å². The van der Waals surface area contributed by atoms with Gasteiger partial charge >= 0.3 is 0 Å². The van der Waals surface area contributed by atoms with Gasteiger partial charge in [-0.3, -0.25) is 0 Å². The highest BCUT2D eigenvalue weighted by molar-refractivity contribution is 7.99.